The molecule has 6 nitrogen and oxygen atoms in total. The quantitative estimate of drug-likeness (QED) is 0.734. The van der Waals surface area contributed by atoms with Crippen LogP contribution in [0, 0.1) is 0 Å². The molecule has 3 heterocycles. The summed E-state index contributed by atoms with van der Waals surface area (Å²) in [5.74, 6) is -0.106. The number of aryl methyl sites for hydroxylation is 1. The molecule has 116 valence electrons. The largest absolute Gasteiger partial charge is 0.440 e. The summed E-state index contributed by atoms with van der Waals surface area (Å²) in [6.07, 6.45) is 1.90. The maximum atomic E-state index is 12.7. The van der Waals surface area contributed by atoms with Crippen molar-refractivity contribution >= 4 is 17.6 Å². The van der Waals surface area contributed by atoms with E-state index in [9.17, 15) is 4.79 Å². The van der Waals surface area contributed by atoms with E-state index in [0.29, 0.717) is 0 Å². The lowest BCUT2D eigenvalue weighted by Crippen LogP contribution is -2.41. The van der Waals surface area contributed by atoms with Crippen molar-refractivity contribution in [3.8, 4) is 0 Å². The first-order valence-electron chi connectivity index (χ1n) is 7.39. The van der Waals surface area contributed by atoms with E-state index in [2.05, 4.69) is 9.98 Å². The molecule has 1 unspecified atom stereocenters. The highest BCUT2D eigenvalue weighted by Crippen LogP contribution is 2.44. The second-order valence-corrected chi connectivity index (χ2v) is 5.69. The number of nitrogens with zero attached hydrogens (tertiary/aromatic N) is 4. The normalized spacial score (nSPS) is 23.2. The van der Waals surface area contributed by atoms with Crippen LogP contribution in [-0.2, 0) is 22.2 Å². The zero-order valence-electron chi connectivity index (χ0n) is 12.9. The lowest BCUT2D eigenvalue weighted by molar-refractivity contribution is -0.131. The molecule has 0 fully saturated rings. The lowest BCUT2D eigenvalue weighted by atomic mass is 9.96. The maximum Gasteiger partial charge on any atom is 0.315 e. The number of aromatic nitrogens is 1. The molecule has 1 spiro atoms. The van der Waals surface area contributed by atoms with E-state index in [1.165, 1.54) is 0 Å². The van der Waals surface area contributed by atoms with Gasteiger partial charge in [-0.2, -0.15) is 4.99 Å². The topological polar surface area (TPSA) is 59.2 Å². The molecule has 1 aromatic carbocycles. The van der Waals surface area contributed by atoms with Gasteiger partial charge in [-0.05, 0) is 18.2 Å². The van der Waals surface area contributed by atoms with Gasteiger partial charge in [-0.25, -0.2) is 4.99 Å². The molecular weight excluding hydrogens is 292 g/mol. The van der Waals surface area contributed by atoms with Crippen LogP contribution in [0.15, 0.2) is 58.6 Å². The Labute approximate surface area is 133 Å². The SMILES string of the molecule is CN1C(=O)C2(CN=C(/N=c3\ccccn3C)O2)c2ccccc21. The monoisotopic (exact) mass is 308 g/mol. The van der Waals surface area contributed by atoms with Gasteiger partial charge in [0.15, 0.2) is 0 Å². The van der Waals surface area contributed by atoms with Crippen LogP contribution >= 0.6 is 0 Å². The number of aliphatic imine (C=N–C) groups is 1. The third-order valence-corrected chi connectivity index (χ3v) is 4.29. The highest BCUT2D eigenvalue weighted by atomic mass is 16.5. The van der Waals surface area contributed by atoms with Gasteiger partial charge in [0.1, 0.15) is 5.49 Å². The average molecular weight is 308 g/mol. The zero-order valence-corrected chi connectivity index (χ0v) is 12.9. The third kappa shape index (κ3) is 1.91. The number of amides is 1. The van der Waals surface area contributed by atoms with Crippen LogP contribution in [0.1, 0.15) is 5.56 Å². The van der Waals surface area contributed by atoms with Gasteiger partial charge in [-0.15, -0.1) is 0 Å². The van der Waals surface area contributed by atoms with Crippen molar-refractivity contribution in [1.82, 2.24) is 4.57 Å². The van der Waals surface area contributed by atoms with Crippen molar-refractivity contribution in [2.75, 3.05) is 18.5 Å². The molecule has 1 atom stereocenters. The molecule has 2 aliphatic rings. The summed E-state index contributed by atoms with van der Waals surface area (Å²) in [6.45, 7) is 0.253. The molecule has 2 aliphatic heterocycles. The van der Waals surface area contributed by atoms with Gasteiger partial charge < -0.3 is 14.2 Å². The van der Waals surface area contributed by atoms with Gasteiger partial charge in [0.25, 0.3) is 5.91 Å². The average Bonchev–Trinajstić information content (AvgIpc) is 3.08. The number of likely N-dealkylation sites (N-methyl/N-ethyl adjacent to an activating group) is 1. The van der Waals surface area contributed by atoms with E-state index >= 15 is 0 Å². The van der Waals surface area contributed by atoms with Crippen molar-refractivity contribution < 1.29 is 9.53 Å². The van der Waals surface area contributed by atoms with Gasteiger partial charge in [0.05, 0.1) is 12.2 Å². The Morgan fingerprint density at radius 3 is 2.78 bits per heavy atom. The summed E-state index contributed by atoms with van der Waals surface area (Å²) in [7, 11) is 3.65. The molecule has 23 heavy (non-hydrogen) atoms. The number of hydrogen-bond donors (Lipinski definition) is 0. The predicted molar refractivity (Wildman–Crippen MR) is 85.9 cm³/mol. The van der Waals surface area contributed by atoms with Crippen molar-refractivity contribution in [3.63, 3.8) is 0 Å². The minimum Gasteiger partial charge on any atom is -0.440 e. The van der Waals surface area contributed by atoms with Crippen LogP contribution in [0.25, 0.3) is 0 Å². The first-order valence-corrected chi connectivity index (χ1v) is 7.39. The summed E-state index contributed by atoms with van der Waals surface area (Å²) in [4.78, 5) is 23.1. The minimum atomic E-state index is -1.07. The molecule has 2 aromatic rings. The lowest BCUT2D eigenvalue weighted by Gasteiger charge is -2.20. The summed E-state index contributed by atoms with van der Waals surface area (Å²) in [6, 6.07) is 13.6. The molecule has 6 heteroatoms. The van der Waals surface area contributed by atoms with Crippen molar-refractivity contribution in [1.29, 1.82) is 0 Å². The molecule has 0 N–H and O–H groups in total. The fourth-order valence-electron chi connectivity index (χ4n) is 3.04. The number of anilines is 1. The Balaban J connectivity index is 1.74. The number of pyridine rings is 1. The summed E-state index contributed by atoms with van der Waals surface area (Å²) >= 11 is 0. The Kier molecular flexibility index (Phi) is 2.87. The van der Waals surface area contributed by atoms with E-state index in [0.717, 1.165) is 16.7 Å². The summed E-state index contributed by atoms with van der Waals surface area (Å²) in [5.41, 5.74) is 1.35. The molecule has 4 rings (SSSR count). The Morgan fingerprint density at radius 2 is 1.96 bits per heavy atom. The Hall–Kier alpha value is -2.89. The number of benzene rings is 1. The molecule has 1 amide bonds. The number of hydrogen-bond acceptors (Lipinski definition) is 4. The van der Waals surface area contributed by atoms with Crippen LogP contribution < -0.4 is 10.4 Å². The van der Waals surface area contributed by atoms with Crippen molar-refractivity contribution in [2.24, 2.45) is 17.0 Å². The van der Waals surface area contributed by atoms with E-state index in [1.807, 2.05) is 60.3 Å². The van der Waals surface area contributed by atoms with Crippen molar-refractivity contribution in [2.45, 2.75) is 5.60 Å². The number of carbonyl (C=O) groups is 1. The number of para-hydroxylation sites is 1. The smallest absolute Gasteiger partial charge is 0.315 e. The summed E-state index contributed by atoms with van der Waals surface area (Å²) in [5, 5.41) is 0. The van der Waals surface area contributed by atoms with E-state index in [4.69, 9.17) is 4.74 Å². The molecular formula is C17H16N4O2. The highest BCUT2D eigenvalue weighted by molar-refractivity contribution is 6.08. The number of rotatable bonds is 0. The molecule has 1 aromatic heterocycles. The molecule has 0 radical (unpaired) electrons. The van der Waals surface area contributed by atoms with Crippen molar-refractivity contribution in [3.05, 3.63) is 59.7 Å². The van der Waals surface area contributed by atoms with Gasteiger partial charge >= 0.3 is 6.02 Å². The molecule has 0 saturated carbocycles. The van der Waals surface area contributed by atoms with Crippen LogP contribution in [0.5, 0.6) is 0 Å². The number of ether oxygens (including phenoxy) is 1. The van der Waals surface area contributed by atoms with Crippen LogP contribution in [0.3, 0.4) is 0 Å². The fraction of sp³-hybridized carbons (Fsp3) is 0.235. The van der Waals surface area contributed by atoms with Gasteiger partial charge in [-0.3, -0.25) is 4.79 Å². The first-order chi connectivity index (χ1) is 11.1. The van der Waals surface area contributed by atoms with Gasteiger partial charge in [0.2, 0.25) is 5.60 Å². The number of fused-ring (bicyclic) bond motifs is 2. The third-order valence-electron chi connectivity index (χ3n) is 4.29. The minimum absolute atomic E-state index is 0.106. The van der Waals surface area contributed by atoms with Crippen LogP contribution in [0.2, 0.25) is 0 Å². The fourth-order valence-corrected chi connectivity index (χ4v) is 3.04. The van der Waals surface area contributed by atoms with Gasteiger partial charge in [0, 0.05) is 25.9 Å². The molecule has 0 aliphatic carbocycles. The second kappa shape index (κ2) is 4.81. The van der Waals surface area contributed by atoms with E-state index in [1.54, 1.807) is 11.9 Å². The van der Waals surface area contributed by atoms with Crippen LogP contribution in [-0.4, -0.2) is 30.1 Å². The van der Waals surface area contributed by atoms with E-state index in [-0.39, 0.29) is 18.5 Å². The zero-order chi connectivity index (χ0) is 16.0. The molecule has 0 saturated heterocycles. The summed E-state index contributed by atoms with van der Waals surface area (Å²) < 4.78 is 7.83. The first kappa shape index (κ1) is 13.8. The number of carbonyl (C=O) groups excluding carboxylic acids is 1. The van der Waals surface area contributed by atoms with E-state index < -0.39 is 5.60 Å². The van der Waals surface area contributed by atoms with Crippen LogP contribution in [0.4, 0.5) is 5.69 Å². The highest BCUT2D eigenvalue weighted by Gasteiger charge is 2.55. The predicted octanol–water partition coefficient (Wildman–Crippen LogP) is 1.18. The molecule has 0 bridgehead atoms. The standard InChI is InChI=1S/C17H16N4O2/c1-20-10-6-5-9-14(20)19-16-18-11-17(23-16)12-7-3-4-8-13(12)21(2)15(17)22/h3-10H,11H2,1-2H3/b19-14+. The Bertz CT molecular complexity index is 899. The van der Waals surface area contributed by atoms with Gasteiger partial charge in [-0.1, -0.05) is 24.3 Å². The Morgan fingerprint density at radius 1 is 1.17 bits per heavy atom. The maximum absolute atomic E-state index is 12.7. The number of amidine groups is 1. The second-order valence-electron chi connectivity index (χ2n) is 5.69.